The van der Waals surface area contributed by atoms with Gasteiger partial charge in [-0.3, -0.25) is 0 Å². The summed E-state index contributed by atoms with van der Waals surface area (Å²) in [4.78, 5) is 0. The fraction of sp³-hybridized carbons (Fsp3) is 1.00. The van der Waals surface area contributed by atoms with Crippen LogP contribution in [0, 0.1) is 11.3 Å². The molecule has 0 bridgehead atoms. The Labute approximate surface area is 123 Å². The SMILES string of the molecule is CCC(CC)(CNC1C2CCCOC2C1(C)C)SC. The summed E-state index contributed by atoms with van der Waals surface area (Å²) in [6, 6.07) is 0.641. The number of fused-ring (bicyclic) bond motifs is 1. The van der Waals surface area contributed by atoms with Gasteiger partial charge in [-0.05, 0) is 31.9 Å². The molecule has 3 heteroatoms. The third-order valence-electron chi connectivity index (χ3n) is 5.70. The molecule has 0 aromatic heterocycles. The standard InChI is InChI=1S/C16H31NOS/c1-6-16(7-2,19-5)11-17-13-12-9-8-10-18-14(12)15(13,3)4/h12-14,17H,6-11H2,1-5H3. The largest absolute Gasteiger partial charge is 0.377 e. The molecule has 0 radical (unpaired) electrons. The Bertz CT molecular complexity index is 293. The number of hydrogen-bond donors (Lipinski definition) is 1. The number of nitrogens with one attached hydrogen (secondary N) is 1. The summed E-state index contributed by atoms with van der Waals surface area (Å²) in [6.07, 6.45) is 7.82. The Kier molecular flexibility index (Phi) is 4.90. The average Bonchev–Trinajstić information content (AvgIpc) is 2.44. The Morgan fingerprint density at radius 1 is 1.32 bits per heavy atom. The summed E-state index contributed by atoms with van der Waals surface area (Å²) in [7, 11) is 0. The van der Waals surface area contributed by atoms with Crippen molar-refractivity contribution in [3.05, 3.63) is 0 Å². The molecule has 112 valence electrons. The number of hydrogen-bond acceptors (Lipinski definition) is 3. The molecule has 2 aliphatic rings. The first-order chi connectivity index (χ1) is 9.00. The lowest BCUT2D eigenvalue weighted by Gasteiger charge is -2.60. The minimum Gasteiger partial charge on any atom is -0.377 e. The van der Waals surface area contributed by atoms with Crippen LogP contribution >= 0.6 is 11.8 Å². The van der Waals surface area contributed by atoms with Crippen LogP contribution < -0.4 is 5.32 Å². The van der Waals surface area contributed by atoms with E-state index in [2.05, 4.69) is 39.3 Å². The molecule has 0 aromatic rings. The molecule has 3 atom stereocenters. The van der Waals surface area contributed by atoms with E-state index in [1.54, 1.807) is 0 Å². The summed E-state index contributed by atoms with van der Waals surface area (Å²) < 4.78 is 6.40. The fourth-order valence-electron chi connectivity index (χ4n) is 4.09. The minimum absolute atomic E-state index is 0.302. The summed E-state index contributed by atoms with van der Waals surface area (Å²) in [5.41, 5.74) is 0.302. The van der Waals surface area contributed by atoms with Crippen molar-refractivity contribution in [2.45, 2.75) is 70.3 Å². The monoisotopic (exact) mass is 285 g/mol. The van der Waals surface area contributed by atoms with Gasteiger partial charge in [0.15, 0.2) is 0 Å². The lowest BCUT2D eigenvalue weighted by molar-refractivity contribution is -0.192. The summed E-state index contributed by atoms with van der Waals surface area (Å²) >= 11 is 2.03. The first-order valence-electron chi connectivity index (χ1n) is 7.91. The van der Waals surface area contributed by atoms with Gasteiger partial charge in [-0.2, -0.15) is 11.8 Å². The van der Waals surface area contributed by atoms with Gasteiger partial charge >= 0.3 is 0 Å². The predicted molar refractivity (Wildman–Crippen MR) is 84.9 cm³/mol. The number of ether oxygens (including phenoxy) is 1. The second-order valence-electron chi connectivity index (χ2n) is 6.87. The maximum absolute atomic E-state index is 5.99. The average molecular weight is 285 g/mol. The number of rotatable bonds is 6. The normalized spacial score (nSPS) is 33.6. The molecule has 0 aromatic carbocycles. The molecule has 3 unspecified atom stereocenters. The van der Waals surface area contributed by atoms with Crippen LogP contribution in [-0.4, -0.2) is 36.3 Å². The van der Waals surface area contributed by atoms with Crippen LogP contribution in [0.4, 0.5) is 0 Å². The zero-order chi connectivity index (χ0) is 14.1. The third-order valence-corrected chi connectivity index (χ3v) is 7.28. The van der Waals surface area contributed by atoms with Crippen molar-refractivity contribution in [1.29, 1.82) is 0 Å². The van der Waals surface area contributed by atoms with Gasteiger partial charge in [0, 0.05) is 35.3 Å². The van der Waals surface area contributed by atoms with Gasteiger partial charge in [0.2, 0.25) is 0 Å². The molecular weight excluding hydrogens is 254 g/mol. The molecule has 0 amide bonds. The van der Waals surface area contributed by atoms with Crippen molar-refractivity contribution in [2.24, 2.45) is 11.3 Å². The Balaban J connectivity index is 1.95. The molecule has 2 fully saturated rings. The van der Waals surface area contributed by atoms with Crippen LogP contribution in [0.3, 0.4) is 0 Å². The van der Waals surface area contributed by atoms with Gasteiger partial charge in [-0.1, -0.05) is 27.7 Å². The first-order valence-corrected chi connectivity index (χ1v) is 9.13. The molecule has 1 aliphatic carbocycles. The van der Waals surface area contributed by atoms with Crippen LogP contribution in [0.25, 0.3) is 0 Å². The number of thioether (sulfide) groups is 1. The van der Waals surface area contributed by atoms with E-state index in [9.17, 15) is 0 Å². The first kappa shape index (κ1) is 15.7. The van der Waals surface area contributed by atoms with Crippen molar-refractivity contribution in [1.82, 2.24) is 5.32 Å². The highest BCUT2D eigenvalue weighted by Crippen LogP contribution is 2.51. The second kappa shape index (κ2) is 5.95. The Morgan fingerprint density at radius 2 is 2.00 bits per heavy atom. The van der Waals surface area contributed by atoms with Crippen molar-refractivity contribution in [3.8, 4) is 0 Å². The van der Waals surface area contributed by atoms with Crippen LogP contribution in [-0.2, 0) is 4.74 Å². The van der Waals surface area contributed by atoms with Gasteiger partial charge in [-0.15, -0.1) is 0 Å². The van der Waals surface area contributed by atoms with E-state index in [-0.39, 0.29) is 0 Å². The Hall–Kier alpha value is 0.270. The molecule has 1 N–H and O–H groups in total. The van der Waals surface area contributed by atoms with E-state index < -0.39 is 0 Å². The lowest BCUT2D eigenvalue weighted by atomic mass is 9.55. The van der Waals surface area contributed by atoms with Gasteiger partial charge in [0.25, 0.3) is 0 Å². The van der Waals surface area contributed by atoms with Crippen molar-refractivity contribution in [2.75, 3.05) is 19.4 Å². The fourth-order valence-corrected chi connectivity index (χ4v) is 4.90. The van der Waals surface area contributed by atoms with E-state index in [4.69, 9.17) is 4.74 Å². The van der Waals surface area contributed by atoms with Crippen LogP contribution in [0.5, 0.6) is 0 Å². The van der Waals surface area contributed by atoms with Gasteiger partial charge in [0.05, 0.1) is 6.10 Å². The molecule has 2 rings (SSSR count). The summed E-state index contributed by atoms with van der Waals surface area (Å²) in [5, 5.41) is 3.90. The van der Waals surface area contributed by atoms with Gasteiger partial charge in [-0.25, -0.2) is 0 Å². The maximum atomic E-state index is 5.99. The minimum atomic E-state index is 0.302. The molecule has 1 saturated carbocycles. The second-order valence-corrected chi connectivity index (χ2v) is 8.15. The van der Waals surface area contributed by atoms with Crippen molar-refractivity contribution < 1.29 is 4.74 Å². The van der Waals surface area contributed by atoms with E-state index in [1.807, 2.05) is 11.8 Å². The molecular formula is C16H31NOS. The lowest BCUT2D eigenvalue weighted by Crippen LogP contribution is -2.70. The zero-order valence-electron chi connectivity index (χ0n) is 13.3. The molecule has 0 spiro atoms. The van der Waals surface area contributed by atoms with Gasteiger partial charge in [0.1, 0.15) is 0 Å². The summed E-state index contributed by atoms with van der Waals surface area (Å²) in [5.74, 6) is 0.747. The van der Waals surface area contributed by atoms with Crippen LogP contribution in [0.2, 0.25) is 0 Å². The third kappa shape index (κ3) is 2.71. The van der Waals surface area contributed by atoms with E-state index >= 15 is 0 Å². The van der Waals surface area contributed by atoms with E-state index in [0.717, 1.165) is 19.1 Å². The molecule has 1 saturated heterocycles. The predicted octanol–water partition coefficient (Wildman–Crippen LogP) is 3.70. The molecule has 1 aliphatic heterocycles. The summed E-state index contributed by atoms with van der Waals surface area (Å²) in [6.45, 7) is 11.5. The molecule has 2 nitrogen and oxygen atoms in total. The van der Waals surface area contributed by atoms with Crippen LogP contribution in [0.1, 0.15) is 53.4 Å². The quantitative estimate of drug-likeness (QED) is 0.804. The van der Waals surface area contributed by atoms with Crippen molar-refractivity contribution >= 4 is 11.8 Å². The topological polar surface area (TPSA) is 21.3 Å². The smallest absolute Gasteiger partial charge is 0.0684 e. The maximum Gasteiger partial charge on any atom is 0.0684 e. The highest BCUT2D eigenvalue weighted by Gasteiger charge is 2.57. The van der Waals surface area contributed by atoms with Crippen molar-refractivity contribution in [3.63, 3.8) is 0 Å². The van der Waals surface area contributed by atoms with E-state index in [0.29, 0.717) is 22.3 Å². The Morgan fingerprint density at radius 3 is 2.58 bits per heavy atom. The van der Waals surface area contributed by atoms with E-state index in [1.165, 1.54) is 25.7 Å². The highest BCUT2D eigenvalue weighted by molar-refractivity contribution is 8.00. The zero-order valence-corrected chi connectivity index (χ0v) is 14.1. The highest BCUT2D eigenvalue weighted by atomic mass is 32.2. The molecule has 1 heterocycles. The van der Waals surface area contributed by atoms with Crippen LogP contribution in [0.15, 0.2) is 0 Å². The molecule has 19 heavy (non-hydrogen) atoms. The van der Waals surface area contributed by atoms with Gasteiger partial charge < -0.3 is 10.1 Å².